The molecule has 0 saturated carbocycles. The van der Waals surface area contributed by atoms with Gasteiger partial charge in [-0.25, -0.2) is 0 Å². The number of hydrogen-bond donors (Lipinski definition) is 2. The summed E-state index contributed by atoms with van der Waals surface area (Å²) in [5.41, 5.74) is 6.26. The molecule has 0 aromatic rings. The van der Waals surface area contributed by atoms with Gasteiger partial charge in [0.15, 0.2) is 0 Å². The molecule has 0 fully saturated rings. The predicted molar refractivity (Wildman–Crippen MR) is 79.7 cm³/mol. The first-order valence-corrected chi connectivity index (χ1v) is 7.63. The van der Waals surface area contributed by atoms with Gasteiger partial charge in [-0.3, -0.25) is 4.90 Å². The number of rotatable bonds is 10. The van der Waals surface area contributed by atoms with Crippen molar-refractivity contribution in [2.75, 3.05) is 13.2 Å². The fraction of sp³-hybridized carbons (Fsp3) is 1.00. The number of aliphatic hydroxyl groups is 1. The van der Waals surface area contributed by atoms with Crippen molar-refractivity contribution < 1.29 is 5.11 Å². The Hall–Kier alpha value is -0.120. The molecule has 3 nitrogen and oxygen atoms in total. The quantitative estimate of drug-likeness (QED) is 0.633. The average Bonchev–Trinajstić information content (AvgIpc) is 2.31. The van der Waals surface area contributed by atoms with E-state index in [9.17, 15) is 5.11 Å². The first-order valence-electron chi connectivity index (χ1n) is 7.63. The number of nitrogens with zero attached hydrogens (tertiary/aromatic N) is 1. The van der Waals surface area contributed by atoms with E-state index >= 15 is 0 Å². The van der Waals surface area contributed by atoms with Crippen LogP contribution in [0.5, 0.6) is 0 Å². The fourth-order valence-electron chi connectivity index (χ4n) is 2.75. The van der Waals surface area contributed by atoms with E-state index in [0.29, 0.717) is 12.0 Å². The molecule has 3 heteroatoms. The van der Waals surface area contributed by atoms with E-state index in [1.165, 1.54) is 0 Å². The summed E-state index contributed by atoms with van der Waals surface area (Å²) in [6, 6.07) is 0.726. The lowest BCUT2D eigenvalue weighted by molar-refractivity contribution is 0.0508. The van der Waals surface area contributed by atoms with Crippen molar-refractivity contribution in [2.45, 2.75) is 78.4 Å². The highest BCUT2D eigenvalue weighted by Crippen LogP contribution is 2.18. The van der Waals surface area contributed by atoms with Gasteiger partial charge in [-0.2, -0.15) is 0 Å². The van der Waals surface area contributed by atoms with Gasteiger partial charge in [0.05, 0.1) is 6.61 Å². The first kappa shape index (κ1) is 17.9. The van der Waals surface area contributed by atoms with E-state index in [2.05, 4.69) is 39.5 Å². The molecule has 2 atom stereocenters. The molecular weight excluding hydrogens is 224 g/mol. The van der Waals surface area contributed by atoms with Crippen LogP contribution >= 0.6 is 0 Å². The smallest absolute Gasteiger partial charge is 0.0602 e. The zero-order valence-corrected chi connectivity index (χ0v) is 13.0. The van der Waals surface area contributed by atoms with Gasteiger partial charge in [0.25, 0.3) is 0 Å². The second-order valence-corrected chi connectivity index (χ2v) is 5.76. The van der Waals surface area contributed by atoms with Gasteiger partial charge < -0.3 is 10.8 Å². The summed E-state index contributed by atoms with van der Waals surface area (Å²) in [6.07, 6.45) is 4.31. The molecule has 0 amide bonds. The molecule has 18 heavy (non-hydrogen) atoms. The summed E-state index contributed by atoms with van der Waals surface area (Å²) in [4.78, 5) is 2.45. The average molecular weight is 258 g/mol. The van der Waals surface area contributed by atoms with Crippen LogP contribution in [0.15, 0.2) is 0 Å². The number of hydrogen-bond acceptors (Lipinski definition) is 3. The van der Waals surface area contributed by atoms with Crippen LogP contribution < -0.4 is 5.73 Å². The van der Waals surface area contributed by atoms with Crippen LogP contribution in [0.4, 0.5) is 0 Å². The number of nitrogens with two attached hydrogens (primary N) is 1. The van der Waals surface area contributed by atoms with Crippen molar-refractivity contribution in [1.82, 2.24) is 4.90 Å². The third-order valence-corrected chi connectivity index (χ3v) is 3.72. The van der Waals surface area contributed by atoms with E-state index in [-0.39, 0.29) is 18.7 Å². The minimum Gasteiger partial charge on any atom is -0.395 e. The molecule has 0 aliphatic carbocycles. The molecule has 2 unspecified atom stereocenters. The Balaban J connectivity index is 4.86. The Labute approximate surface area is 114 Å². The lowest BCUT2D eigenvalue weighted by Crippen LogP contribution is -2.54. The first-order chi connectivity index (χ1) is 8.51. The van der Waals surface area contributed by atoms with Crippen molar-refractivity contribution in [1.29, 1.82) is 0 Å². The zero-order chi connectivity index (χ0) is 14.1. The van der Waals surface area contributed by atoms with E-state index in [4.69, 9.17) is 5.73 Å². The molecule has 0 aromatic heterocycles. The summed E-state index contributed by atoms with van der Waals surface area (Å²) in [5, 5.41) is 9.72. The van der Waals surface area contributed by atoms with Crippen molar-refractivity contribution in [3.8, 4) is 0 Å². The van der Waals surface area contributed by atoms with Gasteiger partial charge in [-0.1, -0.05) is 41.0 Å². The van der Waals surface area contributed by atoms with Crippen molar-refractivity contribution in [3.63, 3.8) is 0 Å². The topological polar surface area (TPSA) is 49.5 Å². The lowest BCUT2D eigenvalue weighted by atomic mass is 9.98. The monoisotopic (exact) mass is 258 g/mol. The Morgan fingerprint density at radius 2 is 1.67 bits per heavy atom. The summed E-state index contributed by atoms with van der Waals surface area (Å²) in [5.74, 6) is 0.605. The summed E-state index contributed by atoms with van der Waals surface area (Å²) in [6.45, 7) is 12.3. The van der Waals surface area contributed by atoms with E-state index < -0.39 is 0 Å². The van der Waals surface area contributed by atoms with Crippen LogP contribution in [0.1, 0.15) is 60.3 Å². The van der Waals surface area contributed by atoms with Crippen LogP contribution in [0.2, 0.25) is 0 Å². The fourth-order valence-corrected chi connectivity index (χ4v) is 2.75. The molecule has 0 aromatic carbocycles. The highest BCUT2D eigenvalue weighted by atomic mass is 16.3. The van der Waals surface area contributed by atoms with Crippen molar-refractivity contribution in [3.05, 3.63) is 0 Å². The maximum Gasteiger partial charge on any atom is 0.0602 e. The number of aliphatic hydroxyl groups excluding tert-OH is 1. The largest absolute Gasteiger partial charge is 0.395 e. The summed E-state index contributed by atoms with van der Waals surface area (Å²) in [7, 11) is 0. The zero-order valence-electron chi connectivity index (χ0n) is 13.0. The van der Waals surface area contributed by atoms with Crippen molar-refractivity contribution >= 4 is 0 Å². The lowest BCUT2D eigenvalue weighted by Gasteiger charge is -2.40. The van der Waals surface area contributed by atoms with Gasteiger partial charge >= 0.3 is 0 Å². The van der Waals surface area contributed by atoms with Crippen LogP contribution in [0, 0.1) is 5.92 Å². The highest BCUT2D eigenvalue weighted by Gasteiger charge is 2.28. The third-order valence-electron chi connectivity index (χ3n) is 3.72. The van der Waals surface area contributed by atoms with Crippen LogP contribution in [-0.4, -0.2) is 41.3 Å². The van der Waals surface area contributed by atoms with Crippen LogP contribution in [0.3, 0.4) is 0 Å². The van der Waals surface area contributed by atoms with Gasteiger partial charge in [-0.05, 0) is 25.2 Å². The molecule has 0 saturated heterocycles. The molecule has 0 aliphatic rings. The summed E-state index contributed by atoms with van der Waals surface area (Å²) >= 11 is 0. The Kier molecular flexibility index (Phi) is 9.70. The molecule has 0 heterocycles. The van der Waals surface area contributed by atoms with Gasteiger partial charge in [0.2, 0.25) is 0 Å². The Morgan fingerprint density at radius 1 is 1.11 bits per heavy atom. The minimum atomic E-state index is 0.0827. The molecular formula is C15H34N2O. The van der Waals surface area contributed by atoms with E-state index in [0.717, 1.165) is 32.2 Å². The minimum absolute atomic E-state index is 0.0827. The maximum absolute atomic E-state index is 9.72. The predicted octanol–water partition coefficient (Wildman–Crippen LogP) is 2.62. The summed E-state index contributed by atoms with van der Waals surface area (Å²) < 4.78 is 0. The van der Waals surface area contributed by atoms with Gasteiger partial charge in [-0.15, -0.1) is 0 Å². The molecule has 0 rings (SSSR count). The van der Waals surface area contributed by atoms with Gasteiger partial charge in [0.1, 0.15) is 0 Å². The second-order valence-electron chi connectivity index (χ2n) is 5.76. The third kappa shape index (κ3) is 5.68. The van der Waals surface area contributed by atoms with Crippen LogP contribution in [0.25, 0.3) is 0 Å². The molecule has 3 N–H and O–H groups in total. The van der Waals surface area contributed by atoms with E-state index in [1.807, 2.05) is 0 Å². The molecule has 0 aliphatic heterocycles. The second kappa shape index (κ2) is 9.76. The van der Waals surface area contributed by atoms with E-state index in [1.54, 1.807) is 0 Å². The molecule has 0 radical (unpaired) electrons. The Bertz CT molecular complexity index is 193. The Morgan fingerprint density at radius 3 is 2.00 bits per heavy atom. The normalized spacial score (nSPS) is 15.7. The van der Waals surface area contributed by atoms with Crippen molar-refractivity contribution in [2.24, 2.45) is 11.7 Å². The van der Waals surface area contributed by atoms with Gasteiger partial charge in [0, 0.05) is 24.7 Å². The van der Waals surface area contributed by atoms with Crippen LogP contribution in [-0.2, 0) is 0 Å². The maximum atomic E-state index is 9.72. The highest BCUT2D eigenvalue weighted by molar-refractivity contribution is 4.85. The molecule has 110 valence electrons. The molecule has 0 spiro atoms. The standard InChI is InChI=1S/C15H34N2O/c1-6-9-14(16)15(11-18)17(10-12(4)5)13(7-2)8-3/h12-15,18H,6-11,16H2,1-5H3. The molecule has 0 bridgehead atoms. The SMILES string of the molecule is CCCC(N)C(CO)N(CC(C)C)C(CC)CC.